The SMILES string of the molecule is CC(C)n1cnc2ccccc2c1=O. The van der Waals surface area contributed by atoms with Crippen molar-refractivity contribution in [2.75, 3.05) is 0 Å². The summed E-state index contributed by atoms with van der Waals surface area (Å²) in [4.78, 5) is 16.1. The second kappa shape index (κ2) is 3.25. The van der Waals surface area contributed by atoms with Crippen molar-refractivity contribution in [1.82, 2.24) is 9.55 Å². The van der Waals surface area contributed by atoms with E-state index in [1.54, 1.807) is 10.9 Å². The van der Waals surface area contributed by atoms with Crippen molar-refractivity contribution in [3.05, 3.63) is 40.9 Å². The quantitative estimate of drug-likeness (QED) is 0.685. The van der Waals surface area contributed by atoms with Crippen LogP contribution in [0.15, 0.2) is 35.4 Å². The van der Waals surface area contributed by atoms with Crippen LogP contribution >= 0.6 is 0 Å². The van der Waals surface area contributed by atoms with E-state index in [4.69, 9.17) is 0 Å². The van der Waals surface area contributed by atoms with Crippen LogP contribution in [0.2, 0.25) is 0 Å². The largest absolute Gasteiger partial charge is 0.296 e. The maximum atomic E-state index is 11.9. The van der Waals surface area contributed by atoms with Gasteiger partial charge in [-0.05, 0) is 26.0 Å². The van der Waals surface area contributed by atoms with E-state index in [2.05, 4.69) is 4.98 Å². The van der Waals surface area contributed by atoms with Crippen molar-refractivity contribution in [3.8, 4) is 0 Å². The Labute approximate surface area is 82.0 Å². The lowest BCUT2D eigenvalue weighted by atomic mass is 10.2. The number of rotatable bonds is 1. The molecule has 0 saturated heterocycles. The fourth-order valence-electron chi connectivity index (χ4n) is 1.45. The Hall–Kier alpha value is -1.64. The summed E-state index contributed by atoms with van der Waals surface area (Å²) in [5.74, 6) is 0. The third-order valence-electron chi connectivity index (χ3n) is 2.25. The first-order valence-electron chi connectivity index (χ1n) is 4.66. The molecule has 0 fully saturated rings. The predicted molar refractivity (Wildman–Crippen MR) is 56.4 cm³/mol. The molecule has 0 spiro atoms. The molecule has 3 nitrogen and oxygen atoms in total. The van der Waals surface area contributed by atoms with Crippen LogP contribution in [0.5, 0.6) is 0 Å². The average molecular weight is 188 g/mol. The summed E-state index contributed by atoms with van der Waals surface area (Å²) >= 11 is 0. The molecular formula is C11H12N2O. The summed E-state index contributed by atoms with van der Waals surface area (Å²) in [5.41, 5.74) is 0.792. The van der Waals surface area contributed by atoms with Crippen LogP contribution in [0, 0.1) is 0 Å². The molecule has 0 amide bonds. The van der Waals surface area contributed by atoms with Gasteiger partial charge in [-0.25, -0.2) is 4.98 Å². The van der Waals surface area contributed by atoms with E-state index in [-0.39, 0.29) is 11.6 Å². The third-order valence-corrected chi connectivity index (χ3v) is 2.25. The Kier molecular flexibility index (Phi) is 2.08. The van der Waals surface area contributed by atoms with Gasteiger partial charge in [-0.3, -0.25) is 9.36 Å². The normalized spacial score (nSPS) is 11.1. The average Bonchev–Trinajstić information content (AvgIpc) is 2.18. The number of benzene rings is 1. The fraction of sp³-hybridized carbons (Fsp3) is 0.273. The van der Waals surface area contributed by atoms with Crippen molar-refractivity contribution in [2.45, 2.75) is 19.9 Å². The van der Waals surface area contributed by atoms with Gasteiger partial charge in [0.25, 0.3) is 5.56 Å². The number of para-hydroxylation sites is 1. The van der Waals surface area contributed by atoms with Gasteiger partial charge in [0, 0.05) is 6.04 Å². The van der Waals surface area contributed by atoms with Crippen molar-refractivity contribution in [3.63, 3.8) is 0 Å². The maximum Gasteiger partial charge on any atom is 0.261 e. The van der Waals surface area contributed by atoms with Gasteiger partial charge in [-0.1, -0.05) is 12.1 Å². The highest BCUT2D eigenvalue weighted by molar-refractivity contribution is 5.76. The Bertz CT molecular complexity index is 514. The molecule has 0 bridgehead atoms. The lowest BCUT2D eigenvalue weighted by Gasteiger charge is -2.09. The number of nitrogens with zero attached hydrogens (tertiary/aromatic N) is 2. The van der Waals surface area contributed by atoms with Gasteiger partial charge in [0.15, 0.2) is 0 Å². The van der Waals surface area contributed by atoms with Gasteiger partial charge in [0.2, 0.25) is 0 Å². The van der Waals surface area contributed by atoms with Crippen LogP contribution in [0.25, 0.3) is 10.9 Å². The molecule has 14 heavy (non-hydrogen) atoms. The lowest BCUT2D eigenvalue weighted by molar-refractivity contribution is 0.573. The minimum Gasteiger partial charge on any atom is -0.296 e. The van der Waals surface area contributed by atoms with Crippen molar-refractivity contribution in [1.29, 1.82) is 0 Å². The molecule has 0 radical (unpaired) electrons. The van der Waals surface area contributed by atoms with E-state index in [1.165, 1.54) is 0 Å². The molecule has 0 aliphatic heterocycles. The smallest absolute Gasteiger partial charge is 0.261 e. The van der Waals surface area contributed by atoms with Crippen LogP contribution in [0.3, 0.4) is 0 Å². The number of fused-ring (bicyclic) bond motifs is 1. The van der Waals surface area contributed by atoms with Gasteiger partial charge in [-0.15, -0.1) is 0 Å². The molecule has 1 aromatic carbocycles. The topological polar surface area (TPSA) is 34.9 Å². The minimum atomic E-state index is 0.0330. The van der Waals surface area contributed by atoms with E-state index in [9.17, 15) is 4.79 Å². The summed E-state index contributed by atoms with van der Waals surface area (Å²) in [7, 11) is 0. The summed E-state index contributed by atoms with van der Waals surface area (Å²) in [6, 6.07) is 7.55. The molecule has 0 unspecified atom stereocenters. The van der Waals surface area contributed by atoms with E-state index in [0.717, 1.165) is 5.52 Å². The van der Waals surface area contributed by atoms with Crippen LogP contribution in [0.1, 0.15) is 19.9 Å². The van der Waals surface area contributed by atoms with Crippen molar-refractivity contribution >= 4 is 10.9 Å². The van der Waals surface area contributed by atoms with Crippen molar-refractivity contribution in [2.24, 2.45) is 0 Å². The molecule has 72 valence electrons. The van der Waals surface area contributed by atoms with E-state index < -0.39 is 0 Å². The van der Waals surface area contributed by atoms with Crippen LogP contribution in [-0.4, -0.2) is 9.55 Å². The Balaban J connectivity index is 2.82. The maximum absolute atomic E-state index is 11.9. The summed E-state index contributed by atoms with van der Waals surface area (Å²) in [6.45, 7) is 3.94. The number of hydrogen-bond acceptors (Lipinski definition) is 2. The zero-order valence-electron chi connectivity index (χ0n) is 8.27. The van der Waals surface area contributed by atoms with E-state index in [0.29, 0.717) is 5.39 Å². The second-order valence-electron chi connectivity index (χ2n) is 3.57. The molecule has 1 aromatic heterocycles. The second-order valence-corrected chi connectivity index (χ2v) is 3.57. The Morgan fingerprint density at radius 3 is 2.71 bits per heavy atom. The number of aromatic nitrogens is 2. The fourth-order valence-corrected chi connectivity index (χ4v) is 1.45. The first kappa shape index (κ1) is 8.94. The monoisotopic (exact) mass is 188 g/mol. The third kappa shape index (κ3) is 1.31. The van der Waals surface area contributed by atoms with Gasteiger partial charge < -0.3 is 0 Å². The van der Waals surface area contributed by atoms with Crippen LogP contribution < -0.4 is 5.56 Å². The molecule has 0 atom stereocenters. The molecule has 0 aliphatic rings. The van der Waals surface area contributed by atoms with Crippen LogP contribution in [0.4, 0.5) is 0 Å². The molecule has 2 rings (SSSR count). The molecule has 3 heteroatoms. The number of hydrogen-bond donors (Lipinski definition) is 0. The Morgan fingerprint density at radius 2 is 2.00 bits per heavy atom. The zero-order chi connectivity index (χ0) is 10.1. The van der Waals surface area contributed by atoms with Gasteiger partial charge in [0.05, 0.1) is 17.2 Å². The Morgan fingerprint density at radius 1 is 1.29 bits per heavy atom. The molecular weight excluding hydrogens is 176 g/mol. The molecule has 0 aliphatic carbocycles. The molecule has 0 saturated carbocycles. The minimum absolute atomic E-state index is 0.0330. The van der Waals surface area contributed by atoms with Crippen molar-refractivity contribution < 1.29 is 0 Å². The highest BCUT2D eigenvalue weighted by Gasteiger charge is 2.04. The lowest BCUT2D eigenvalue weighted by Crippen LogP contribution is -2.22. The van der Waals surface area contributed by atoms with Gasteiger partial charge in [0.1, 0.15) is 0 Å². The standard InChI is InChI=1S/C11H12N2O/c1-8(2)13-7-12-10-6-4-3-5-9(10)11(13)14/h3-8H,1-2H3. The van der Waals surface area contributed by atoms with E-state index in [1.807, 2.05) is 38.1 Å². The first-order chi connectivity index (χ1) is 6.70. The van der Waals surface area contributed by atoms with Crippen LogP contribution in [-0.2, 0) is 0 Å². The predicted octanol–water partition coefficient (Wildman–Crippen LogP) is 1.98. The first-order valence-corrected chi connectivity index (χ1v) is 4.66. The summed E-state index contributed by atoms with van der Waals surface area (Å²) < 4.78 is 1.64. The zero-order valence-corrected chi connectivity index (χ0v) is 8.27. The van der Waals surface area contributed by atoms with Gasteiger partial charge in [-0.2, -0.15) is 0 Å². The van der Waals surface area contributed by atoms with Gasteiger partial charge >= 0.3 is 0 Å². The summed E-state index contributed by atoms with van der Waals surface area (Å²) in [5, 5.41) is 0.684. The molecule has 0 N–H and O–H groups in total. The molecule has 2 aromatic rings. The van der Waals surface area contributed by atoms with E-state index >= 15 is 0 Å². The summed E-state index contributed by atoms with van der Waals surface area (Å²) in [6.07, 6.45) is 1.61. The highest BCUT2D eigenvalue weighted by atomic mass is 16.1. The highest BCUT2D eigenvalue weighted by Crippen LogP contribution is 2.07. The molecule has 1 heterocycles.